The van der Waals surface area contributed by atoms with E-state index in [1.54, 1.807) is 0 Å². The third-order valence-corrected chi connectivity index (χ3v) is 2.94. The molecule has 15 heavy (non-hydrogen) atoms. The van der Waals surface area contributed by atoms with E-state index in [2.05, 4.69) is 41.8 Å². The van der Waals surface area contributed by atoms with Crippen molar-refractivity contribution >= 4 is 18.3 Å². The summed E-state index contributed by atoms with van der Waals surface area (Å²) in [6.45, 7) is 3.70. The first-order valence-corrected chi connectivity index (χ1v) is 6.06. The standard InChI is InChI=1S/C12H17NOS/c15-10-5-11-1-3-12(4-2-11)13-6-8-14-9-7-13/h1-4,15H,5-10H2. The highest BCUT2D eigenvalue weighted by atomic mass is 32.1. The van der Waals surface area contributed by atoms with Crippen molar-refractivity contribution < 1.29 is 4.74 Å². The van der Waals surface area contributed by atoms with Crippen LogP contribution in [0.3, 0.4) is 0 Å². The Kier molecular flexibility index (Phi) is 3.92. The predicted molar refractivity (Wildman–Crippen MR) is 67.0 cm³/mol. The van der Waals surface area contributed by atoms with Gasteiger partial charge in [-0.05, 0) is 29.9 Å². The van der Waals surface area contributed by atoms with E-state index in [9.17, 15) is 0 Å². The van der Waals surface area contributed by atoms with Crippen LogP contribution in [0.25, 0.3) is 0 Å². The number of ether oxygens (including phenoxy) is 1. The largest absolute Gasteiger partial charge is 0.378 e. The molecule has 0 unspecified atom stereocenters. The highest BCUT2D eigenvalue weighted by molar-refractivity contribution is 7.80. The third kappa shape index (κ3) is 2.89. The zero-order chi connectivity index (χ0) is 10.5. The lowest BCUT2D eigenvalue weighted by atomic mass is 10.1. The summed E-state index contributed by atoms with van der Waals surface area (Å²) in [6, 6.07) is 8.79. The Labute approximate surface area is 96.6 Å². The van der Waals surface area contributed by atoms with Crippen LogP contribution >= 0.6 is 12.6 Å². The molecule has 3 heteroatoms. The van der Waals surface area contributed by atoms with Crippen molar-refractivity contribution in [1.82, 2.24) is 0 Å². The normalized spacial score (nSPS) is 16.7. The Bertz CT molecular complexity index is 293. The van der Waals surface area contributed by atoms with Gasteiger partial charge in [0.15, 0.2) is 0 Å². The second-order valence-electron chi connectivity index (χ2n) is 3.74. The number of anilines is 1. The van der Waals surface area contributed by atoms with E-state index in [4.69, 9.17) is 4.74 Å². The molecule has 0 spiro atoms. The second kappa shape index (κ2) is 5.42. The summed E-state index contributed by atoms with van der Waals surface area (Å²) in [7, 11) is 0. The summed E-state index contributed by atoms with van der Waals surface area (Å²) in [4.78, 5) is 2.37. The molecule has 0 bridgehead atoms. The first kappa shape index (κ1) is 10.8. The Morgan fingerprint density at radius 3 is 2.40 bits per heavy atom. The topological polar surface area (TPSA) is 12.5 Å². The molecule has 1 aliphatic heterocycles. The Morgan fingerprint density at radius 1 is 1.13 bits per heavy atom. The average molecular weight is 223 g/mol. The quantitative estimate of drug-likeness (QED) is 0.787. The van der Waals surface area contributed by atoms with Crippen LogP contribution in [0.15, 0.2) is 24.3 Å². The van der Waals surface area contributed by atoms with Crippen molar-refractivity contribution in [3.05, 3.63) is 29.8 Å². The number of benzene rings is 1. The van der Waals surface area contributed by atoms with Gasteiger partial charge in [-0.3, -0.25) is 0 Å². The van der Waals surface area contributed by atoms with Crippen molar-refractivity contribution in [2.45, 2.75) is 6.42 Å². The molecule has 0 aromatic heterocycles. The summed E-state index contributed by atoms with van der Waals surface area (Å²) in [5.74, 6) is 0.914. The maximum absolute atomic E-state index is 5.33. The van der Waals surface area contributed by atoms with Crippen molar-refractivity contribution in [2.24, 2.45) is 0 Å². The number of aryl methyl sites for hydroxylation is 1. The summed E-state index contributed by atoms with van der Waals surface area (Å²) in [6.07, 6.45) is 1.05. The Morgan fingerprint density at radius 2 is 1.80 bits per heavy atom. The molecular formula is C12H17NOS. The van der Waals surface area contributed by atoms with Gasteiger partial charge in [0.2, 0.25) is 0 Å². The fraction of sp³-hybridized carbons (Fsp3) is 0.500. The number of hydrogen-bond donors (Lipinski definition) is 1. The molecular weight excluding hydrogens is 206 g/mol. The zero-order valence-electron chi connectivity index (χ0n) is 8.85. The van der Waals surface area contributed by atoms with Crippen molar-refractivity contribution in [3.63, 3.8) is 0 Å². The molecule has 0 saturated carbocycles. The lowest BCUT2D eigenvalue weighted by Crippen LogP contribution is -2.36. The molecule has 0 N–H and O–H groups in total. The third-order valence-electron chi connectivity index (χ3n) is 2.71. The fourth-order valence-corrected chi connectivity index (χ4v) is 2.08. The smallest absolute Gasteiger partial charge is 0.0642 e. The minimum Gasteiger partial charge on any atom is -0.378 e. The van der Waals surface area contributed by atoms with Crippen LogP contribution in [-0.4, -0.2) is 32.1 Å². The number of hydrogen-bond acceptors (Lipinski definition) is 3. The van der Waals surface area contributed by atoms with Gasteiger partial charge < -0.3 is 9.64 Å². The highest BCUT2D eigenvalue weighted by Gasteiger charge is 2.10. The molecule has 0 amide bonds. The first-order valence-electron chi connectivity index (χ1n) is 5.42. The van der Waals surface area contributed by atoms with Crippen molar-refractivity contribution in [1.29, 1.82) is 0 Å². The van der Waals surface area contributed by atoms with E-state index in [0.29, 0.717) is 0 Å². The van der Waals surface area contributed by atoms with Crippen LogP contribution in [-0.2, 0) is 11.2 Å². The molecule has 1 saturated heterocycles. The maximum Gasteiger partial charge on any atom is 0.0642 e. The fourth-order valence-electron chi connectivity index (χ4n) is 1.82. The summed E-state index contributed by atoms with van der Waals surface area (Å²) >= 11 is 4.23. The SMILES string of the molecule is SCCc1ccc(N2CCOCC2)cc1. The maximum atomic E-state index is 5.33. The van der Waals surface area contributed by atoms with Crippen LogP contribution in [0.2, 0.25) is 0 Å². The van der Waals surface area contributed by atoms with E-state index >= 15 is 0 Å². The van der Waals surface area contributed by atoms with Crippen LogP contribution in [0.4, 0.5) is 5.69 Å². The number of thiol groups is 1. The number of nitrogens with zero attached hydrogens (tertiary/aromatic N) is 1. The van der Waals surface area contributed by atoms with Gasteiger partial charge in [0.05, 0.1) is 13.2 Å². The van der Waals surface area contributed by atoms with Gasteiger partial charge in [0, 0.05) is 18.8 Å². The van der Waals surface area contributed by atoms with Gasteiger partial charge in [0.1, 0.15) is 0 Å². The zero-order valence-corrected chi connectivity index (χ0v) is 9.75. The predicted octanol–water partition coefficient (Wildman–Crippen LogP) is 2.00. The molecule has 0 aliphatic carbocycles. The van der Waals surface area contributed by atoms with Gasteiger partial charge in [-0.1, -0.05) is 12.1 Å². The lowest BCUT2D eigenvalue weighted by Gasteiger charge is -2.28. The summed E-state index contributed by atoms with van der Waals surface area (Å²) in [5.41, 5.74) is 2.67. The summed E-state index contributed by atoms with van der Waals surface area (Å²) < 4.78 is 5.33. The first-order chi connectivity index (χ1) is 7.40. The van der Waals surface area contributed by atoms with Crippen LogP contribution < -0.4 is 4.90 Å². The molecule has 1 aromatic rings. The number of morpholine rings is 1. The van der Waals surface area contributed by atoms with Crippen molar-refractivity contribution in [3.8, 4) is 0 Å². The minimum atomic E-state index is 0.846. The second-order valence-corrected chi connectivity index (χ2v) is 4.19. The van der Waals surface area contributed by atoms with E-state index in [-0.39, 0.29) is 0 Å². The van der Waals surface area contributed by atoms with Crippen LogP contribution in [0.5, 0.6) is 0 Å². The highest BCUT2D eigenvalue weighted by Crippen LogP contribution is 2.16. The molecule has 1 aromatic carbocycles. The number of rotatable bonds is 3. The molecule has 2 nitrogen and oxygen atoms in total. The Balaban J connectivity index is 2.02. The van der Waals surface area contributed by atoms with Gasteiger partial charge in [0.25, 0.3) is 0 Å². The average Bonchev–Trinajstić information content (AvgIpc) is 2.32. The van der Waals surface area contributed by atoms with Crippen LogP contribution in [0.1, 0.15) is 5.56 Å². The molecule has 1 heterocycles. The van der Waals surface area contributed by atoms with E-state index in [1.807, 2.05) is 0 Å². The van der Waals surface area contributed by atoms with E-state index in [0.717, 1.165) is 38.5 Å². The van der Waals surface area contributed by atoms with Gasteiger partial charge in [-0.2, -0.15) is 12.6 Å². The minimum absolute atomic E-state index is 0.846. The summed E-state index contributed by atoms with van der Waals surface area (Å²) in [5, 5.41) is 0. The lowest BCUT2D eigenvalue weighted by molar-refractivity contribution is 0.122. The molecule has 2 rings (SSSR count). The van der Waals surface area contributed by atoms with Gasteiger partial charge >= 0.3 is 0 Å². The Hall–Kier alpha value is -0.670. The molecule has 82 valence electrons. The van der Waals surface area contributed by atoms with E-state index in [1.165, 1.54) is 11.3 Å². The molecule has 1 aliphatic rings. The molecule has 0 atom stereocenters. The molecule has 1 fully saturated rings. The molecule has 0 radical (unpaired) electrons. The van der Waals surface area contributed by atoms with Crippen molar-refractivity contribution in [2.75, 3.05) is 37.0 Å². The van der Waals surface area contributed by atoms with Crippen LogP contribution in [0, 0.1) is 0 Å². The van der Waals surface area contributed by atoms with Gasteiger partial charge in [-0.25, -0.2) is 0 Å². The van der Waals surface area contributed by atoms with Gasteiger partial charge in [-0.15, -0.1) is 0 Å². The monoisotopic (exact) mass is 223 g/mol. The van der Waals surface area contributed by atoms with E-state index < -0.39 is 0 Å².